The molecule has 0 radical (unpaired) electrons. The van der Waals surface area contributed by atoms with Gasteiger partial charge in [0.1, 0.15) is 5.15 Å². The SMILES string of the molecule is COC(C)CNC(=O)c1cc(Cl)nc(C(C)(C)C)c1. The Morgan fingerprint density at radius 2 is 2.11 bits per heavy atom. The average Bonchev–Trinajstić information content (AvgIpc) is 2.33. The maximum atomic E-state index is 12.0. The summed E-state index contributed by atoms with van der Waals surface area (Å²) in [6.45, 7) is 8.43. The number of ether oxygens (including phenoxy) is 1. The highest BCUT2D eigenvalue weighted by Crippen LogP contribution is 2.23. The summed E-state index contributed by atoms with van der Waals surface area (Å²) in [4.78, 5) is 16.3. The molecule has 19 heavy (non-hydrogen) atoms. The Balaban J connectivity index is 2.89. The zero-order valence-electron chi connectivity index (χ0n) is 12.1. The molecule has 1 atom stereocenters. The summed E-state index contributed by atoms with van der Waals surface area (Å²) in [6, 6.07) is 3.35. The predicted octanol–water partition coefficient (Wildman–Crippen LogP) is 2.80. The van der Waals surface area contributed by atoms with Gasteiger partial charge in [0, 0.05) is 30.3 Å². The molecule has 0 aliphatic heterocycles. The van der Waals surface area contributed by atoms with E-state index in [1.54, 1.807) is 19.2 Å². The lowest BCUT2D eigenvalue weighted by molar-refractivity contribution is 0.0870. The maximum Gasteiger partial charge on any atom is 0.251 e. The molecule has 0 bridgehead atoms. The van der Waals surface area contributed by atoms with E-state index in [0.29, 0.717) is 17.3 Å². The number of nitrogens with zero attached hydrogens (tertiary/aromatic N) is 1. The van der Waals surface area contributed by atoms with Crippen LogP contribution in [0, 0.1) is 0 Å². The largest absolute Gasteiger partial charge is 0.380 e. The van der Waals surface area contributed by atoms with E-state index in [1.807, 2.05) is 27.7 Å². The Labute approximate surface area is 119 Å². The van der Waals surface area contributed by atoms with Crippen molar-refractivity contribution in [3.63, 3.8) is 0 Å². The summed E-state index contributed by atoms with van der Waals surface area (Å²) in [5.74, 6) is -0.168. The zero-order valence-corrected chi connectivity index (χ0v) is 12.8. The van der Waals surface area contributed by atoms with Gasteiger partial charge in [-0.15, -0.1) is 0 Å². The Hall–Kier alpha value is -1.13. The molecule has 0 aliphatic rings. The second-order valence-electron chi connectivity index (χ2n) is 5.57. The van der Waals surface area contributed by atoms with E-state index in [4.69, 9.17) is 16.3 Å². The number of hydrogen-bond acceptors (Lipinski definition) is 3. The standard InChI is InChI=1S/C14H21ClN2O2/c1-9(19-5)8-16-13(18)10-6-11(14(2,3)4)17-12(15)7-10/h6-7,9H,8H2,1-5H3,(H,16,18). The molecule has 1 unspecified atom stereocenters. The number of carbonyl (C=O) groups is 1. The summed E-state index contributed by atoms with van der Waals surface area (Å²) in [5.41, 5.74) is 1.16. The van der Waals surface area contributed by atoms with Gasteiger partial charge in [-0.1, -0.05) is 32.4 Å². The van der Waals surface area contributed by atoms with Gasteiger partial charge in [0.15, 0.2) is 0 Å². The zero-order chi connectivity index (χ0) is 14.6. The van der Waals surface area contributed by atoms with Crippen molar-refractivity contribution in [2.75, 3.05) is 13.7 Å². The topological polar surface area (TPSA) is 51.2 Å². The van der Waals surface area contributed by atoms with Crippen LogP contribution in [-0.2, 0) is 10.2 Å². The number of rotatable bonds is 4. The van der Waals surface area contributed by atoms with Crippen LogP contribution >= 0.6 is 11.6 Å². The second kappa shape index (κ2) is 6.35. The van der Waals surface area contributed by atoms with E-state index in [2.05, 4.69) is 10.3 Å². The summed E-state index contributed by atoms with van der Waals surface area (Å²) < 4.78 is 5.09. The molecule has 0 aromatic carbocycles. The molecule has 0 fully saturated rings. The van der Waals surface area contributed by atoms with E-state index < -0.39 is 0 Å². The first-order valence-electron chi connectivity index (χ1n) is 6.23. The Morgan fingerprint density at radius 3 is 2.63 bits per heavy atom. The fourth-order valence-electron chi connectivity index (χ4n) is 1.43. The summed E-state index contributed by atoms with van der Waals surface area (Å²) in [6.07, 6.45) is -0.0247. The van der Waals surface area contributed by atoms with Crippen LogP contribution in [0.4, 0.5) is 0 Å². The molecule has 0 spiro atoms. The Kier molecular flexibility index (Phi) is 5.32. The molecule has 1 amide bonds. The van der Waals surface area contributed by atoms with Crippen molar-refractivity contribution in [1.29, 1.82) is 0 Å². The van der Waals surface area contributed by atoms with E-state index >= 15 is 0 Å². The van der Waals surface area contributed by atoms with Crippen LogP contribution in [0.5, 0.6) is 0 Å². The number of amides is 1. The molecule has 0 saturated carbocycles. The first kappa shape index (κ1) is 15.9. The first-order chi connectivity index (χ1) is 8.74. The van der Waals surface area contributed by atoms with Gasteiger partial charge in [0.2, 0.25) is 0 Å². The normalized spacial score (nSPS) is 13.2. The third kappa shape index (κ3) is 4.80. The van der Waals surface area contributed by atoms with Gasteiger partial charge in [0.05, 0.1) is 6.10 Å². The average molecular weight is 285 g/mol. The molecule has 5 heteroatoms. The van der Waals surface area contributed by atoms with Crippen molar-refractivity contribution in [1.82, 2.24) is 10.3 Å². The molecule has 1 N–H and O–H groups in total. The summed E-state index contributed by atoms with van der Waals surface area (Å²) in [5, 5.41) is 3.14. The highest BCUT2D eigenvalue weighted by Gasteiger charge is 2.19. The van der Waals surface area contributed by atoms with Gasteiger partial charge < -0.3 is 10.1 Å². The van der Waals surface area contributed by atoms with E-state index in [-0.39, 0.29) is 17.4 Å². The second-order valence-corrected chi connectivity index (χ2v) is 5.96. The molecule has 4 nitrogen and oxygen atoms in total. The van der Waals surface area contributed by atoms with Crippen molar-refractivity contribution >= 4 is 17.5 Å². The number of aromatic nitrogens is 1. The smallest absolute Gasteiger partial charge is 0.251 e. The molecule has 1 heterocycles. The number of hydrogen-bond donors (Lipinski definition) is 1. The van der Waals surface area contributed by atoms with Crippen molar-refractivity contribution in [2.24, 2.45) is 0 Å². The van der Waals surface area contributed by atoms with Gasteiger partial charge in [-0.25, -0.2) is 4.98 Å². The van der Waals surface area contributed by atoms with E-state index in [9.17, 15) is 4.79 Å². The molecular formula is C14H21ClN2O2. The molecule has 1 aromatic heterocycles. The van der Waals surface area contributed by atoms with Crippen LogP contribution in [0.2, 0.25) is 5.15 Å². The Bertz CT molecular complexity index is 455. The number of pyridine rings is 1. The molecule has 1 aromatic rings. The van der Waals surface area contributed by atoms with Crippen LogP contribution in [-0.4, -0.2) is 30.6 Å². The van der Waals surface area contributed by atoms with Crippen molar-refractivity contribution in [2.45, 2.75) is 39.2 Å². The van der Waals surface area contributed by atoms with Crippen LogP contribution in [0.1, 0.15) is 43.7 Å². The van der Waals surface area contributed by atoms with Crippen molar-refractivity contribution < 1.29 is 9.53 Å². The van der Waals surface area contributed by atoms with Crippen LogP contribution in [0.25, 0.3) is 0 Å². The molecule has 0 saturated heterocycles. The molecule has 0 aliphatic carbocycles. The predicted molar refractivity (Wildman–Crippen MR) is 76.8 cm³/mol. The molecular weight excluding hydrogens is 264 g/mol. The first-order valence-corrected chi connectivity index (χ1v) is 6.61. The fourth-order valence-corrected chi connectivity index (χ4v) is 1.64. The summed E-state index contributed by atoms with van der Waals surface area (Å²) in [7, 11) is 1.61. The lowest BCUT2D eigenvalue weighted by atomic mass is 9.91. The minimum Gasteiger partial charge on any atom is -0.380 e. The van der Waals surface area contributed by atoms with Crippen LogP contribution < -0.4 is 5.32 Å². The van der Waals surface area contributed by atoms with E-state index in [1.165, 1.54) is 0 Å². The monoisotopic (exact) mass is 284 g/mol. The minimum atomic E-state index is -0.168. The minimum absolute atomic E-state index is 0.0247. The van der Waals surface area contributed by atoms with E-state index in [0.717, 1.165) is 5.69 Å². The number of carbonyl (C=O) groups excluding carboxylic acids is 1. The fraction of sp³-hybridized carbons (Fsp3) is 0.571. The quantitative estimate of drug-likeness (QED) is 0.865. The number of nitrogens with one attached hydrogen (secondary N) is 1. The molecule has 106 valence electrons. The van der Waals surface area contributed by atoms with Gasteiger partial charge in [-0.2, -0.15) is 0 Å². The highest BCUT2D eigenvalue weighted by molar-refractivity contribution is 6.29. The molecule has 1 rings (SSSR count). The van der Waals surface area contributed by atoms with Gasteiger partial charge in [-0.3, -0.25) is 4.79 Å². The lowest BCUT2D eigenvalue weighted by Crippen LogP contribution is -2.31. The summed E-state index contributed by atoms with van der Waals surface area (Å²) >= 11 is 5.97. The third-order valence-corrected chi connectivity index (χ3v) is 2.97. The number of methoxy groups -OCH3 is 1. The lowest BCUT2D eigenvalue weighted by Gasteiger charge is -2.19. The highest BCUT2D eigenvalue weighted by atomic mass is 35.5. The third-order valence-electron chi connectivity index (χ3n) is 2.78. The van der Waals surface area contributed by atoms with Crippen molar-refractivity contribution in [3.8, 4) is 0 Å². The van der Waals surface area contributed by atoms with Crippen LogP contribution in [0.15, 0.2) is 12.1 Å². The Morgan fingerprint density at radius 1 is 1.47 bits per heavy atom. The van der Waals surface area contributed by atoms with Gasteiger partial charge >= 0.3 is 0 Å². The van der Waals surface area contributed by atoms with Gasteiger partial charge in [-0.05, 0) is 19.1 Å². The maximum absolute atomic E-state index is 12.0. The van der Waals surface area contributed by atoms with Crippen LogP contribution in [0.3, 0.4) is 0 Å². The van der Waals surface area contributed by atoms with Crippen molar-refractivity contribution in [3.05, 3.63) is 28.5 Å². The van der Waals surface area contributed by atoms with Gasteiger partial charge in [0.25, 0.3) is 5.91 Å². The number of halogens is 1.